The average Bonchev–Trinajstić information content (AvgIpc) is 3.18. The summed E-state index contributed by atoms with van der Waals surface area (Å²) < 4.78 is 38.3. The molecule has 2 aromatic heterocycles. The number of alkyl halides is 3. The Morgan fingerprint density at radius 1 is 1.29 bits per heavy atom. The summed E-state index contributed by atoms with van der Waals surface area (Å²) in [5.74, 6) is -0.659. The van der Waals surface area contributed by atoms with Crippen LogP contribution in [0.5, 0.6) is 0 Å². The second kappa shape index (κ2) is 8.57. The number of nitrogens with one attached hydrogen (secondary N) is 2. The summed E-state index contributed by atoms with van der Waals surface area (Å²) in [7, 11) is 0. The fraction of sp³-hybridized carbons (Fsp3) is 0.176. The Morgan fingerprint density at radius 2 is 2.04 bits per heavy atom. The first kappa shape index (κ1) is 20.1. The fourth-order valence-electron chi connectivity index (χ4n) is 2.30. The zero-order valence-corrected chi connectivity index (χ0v) is 15.7. The second-order valence-corrected chi connectivity index (χ2v) is 7.39. The van der Waals surface area contributed by atoms with Gasteiger partial charge in [0.25, 0.3) is 5.56 Å². The first-order chi connectivity index (χ1) is 13.3. The molecule has 0 saturated carbocycles. The SMILES string of the molecule is O=C(CSc1nc(C(F)(F)F)cc(=O)[nH]1)NC(c1ccccc1)c1nccs1. The van der Waals surface area contributed by atoms with Gasteiger partial charge in [-0.3, -0.25) is 9.59 Å². The van der Waals surface area contributed by atoms with Crippen molar-refractivity contribution in [3.63, 3.8) is 0 Å². The number of carbonyl (C=O) groups excluding carboxylic acids is 1. The number of carbonyl (C=O) groups is 1. The number of hydrogen-bond donors (Lipinski definition) is 2. The van der Waals surface area contributed by atoms with Gasteiger partial charge in [-0.15, -0.1) is 11.3 Å². The maximum absolute atomic E-state index is 12.8. The molecule has 3 aromatic rings. The normalized spacial score (nSPS) is 12.5. The molecule has 0 saturated heterocycles. The van der Waals surface area contributed by atoms with Crippen LogP contribution in [0, 0.1) is 0 Å². The molecule has 11 heteroatoms. The monoisotopic (exact) mass is 426 g/mol. The van der Waals surface area contributed by atoms with Gasteiger partial charge in [-0.2, -0.15) is 13.2 Å². The van der Waals surface area contributed by atoms with E-state index >= 15 is 0 Å². The van der Waals surface area contributed by atoms with Gasteiger partial charge in [0.2, 0.25) is 5.91 Å². The molecule has 1 aromatic carbocycles. The van der Waals surface area contributed by atoms with Gasteiger partial charge in [-0.05, 0) is 5.56 Å². The first-order valence-corrected chi connectivity index (χ1v) is 9.74. The minimum absolute atomic E-state index is 0.223. The van der Waals surface area contributed by atoms with E-state index in [-0.39, 0.29) is 10.9 Å². The number of thiazole rings is 1. The molecular weight excluding hydrogens is 413 g/mol. The molecular formula is C17H13F3N4O2S2. The summed E-state index contributed by atoms with van der Waals surface area (Å²) >= 11 is 2.08. The Morgan fingerprint density at radius 3 is 2.68 bits per heavy atom. The van der Waals surface area contributed by atoms with Gasteiger partial charge in [0.05, 0.1) is 5.75 Å². The number of rotatable bonds is 6. The molecule has 0 aliphatic rings. The molecule has 2 N–H and O–H groups in total. The van der Waals surface area contributed by atoms with Crippen LogP contribution in [0.15, 0.2) is 57.9 Å². The van der Waals surface area contributed by atoms with Crippen LogP contribution in [0.3, 0.4) is 0 Å². The van der Waals surface area contributed by atoms with E-state index in [0.29, 0.717) is 22.8 Å². The van der Waals surface area contributed by atoms with Crippen LogP contribution in [0.25, 0.3) is 0 Å². The summed E-state index contributed by atoms with van der Waals surface area (Å²) in [6, 6.07) is 9.06. The molecule has 2 heterocycles. The molecule has 146 valence electrons. The standard InChI is InChI=1S/C17H13F3N4O2S2/c18-17(19,20)11-8-12(25)24-16(22-11)28-9-13(26)23-14(15-21-6-7-27-15)10-4-2-1-3-5-10/h1-8,14H,9H2,(H,23,26)(H,22,24,25). The first-order valence-electron chi connectivity index (χ1n) is 7.88. The van der Waals surface area contributed by atoms with Crippen LogP contribution in [0.4, 0.5) is 13.2 Å². The maximum Gasteiger partial charge on any atom is 0.433 e. The van der Waals surface area contributed by atoms with Crippen molar-refractivity contribution >= 4 is 29.0 Å². The summed E-state index contributed by atoms with van der Waals surface area (Å²) in [5.41, 5.74) is -1.42. The third-order valence-electron chi connectivity index (χ3n) is 3.49. The minimum Gasteiger partial charge on any atom is -0.342 e. The van der Waals surface area contributed by atoms with E-state index in [1.165, 1.54) is 11.3 Å². The van der Waals surface area contributed by atoms with Gasteiger partial charge in [-0.1, -0.05) is 42.1 Å². The number of benzene rings is 1. The van der Waals surface area contributed by atoms with E-state index in [0.717, 1.165) is 5.56 Å². The van der Waals surface area contributed by atoms with E-state index < -0.39 is 29.4 Å². The number of halogens is 3. The van der Waals surface area contributed by atoms with Crippen molar-refractivity contribution in [3.8, 4) is 0 Å². The van der Waals surface area contributed by atoms with Crippen LogP contribution in [0.2, 0.25) is 0 Å². The minimum atomic E-state index is -4.74. The van der Waals surface area contributed by atoms with Crippen LogP contribution < -0.4 is 10.9 Å². The maximum atomic E-state index is 12.8. The highest BCUT2D eigenvalue weighted by Crippen LogP contribution is 2.28. The number of nitrogens with zero attached hydrogens (tertiary/aromatic N) is 2. The lowest BCUT2D eigenvalue weighted by atomic mass is 10.1. The lowest BCUT2D eigenvalue weighted by Crippen LogP contribution is -2.30. The van der Waals surface area contributed by atoms with Crippen LogP contribution in [0.1, 0.15) is 22.3 Å². The van der Waals surface area contributed by atoms with E-state index in [1.807, 2.05) is 30.3 Å². The molecule has 0 aliphatic heterocycles. The van der Waals surface area contributed by atoms with Gasteiger partial charge in [-0.25, -0.2) is 9.97 Å². The van der Waals surface area contributed by atoms with Gasteiger partial charge in [0.15, 0.2) is 10.9 Å². The van der Waals surface area contributed by atoms with Crippen molar-refractivity contribution < 1.29 is 18.0 Å². The summed E-state index contributed by atoms with van der Waals surface area (Å²) in [5, 5.41) is 4.99. The average molecular weight is 426 g/mol. The predicted octanol–water partition coefficient (Wildman–Crippen LogP) is 3.24. The molecule has 0 spiro atoms. The Labute approximate surface area is 165 Å². The molecule has 1 amide bonds. The zero-order valence-electron chi connectivity index (χ0n) is 14.1. The number of amides is 1. The Kier molecular flexibility index (Phi) is 6.15. The number of aromatic nitrogens is 3. The smallest absolute Gasteiger partial charge is 0.342 e. The van der Waals surface area contributed by atoms with E-state index in [9.17, 15) is 22.8 Å². The van der Waals surface area contributed by atoms with Gasteiger partial charge >= 0.3 is 6.18 Å². The van der Waals surface area contributed by atoms with Crippen LogP contribution >= 0.6 is 23.1 Å². The highest BCUT2D eigenvalue weighted by molar-refractivity contribution is 7.99. The molecule has 0 radical (unpaired) electrons. The second-order valence-electron chi connectivity index (χ2n) is 5.50. The molecule has 0 bridgehead atoms. The highest BCUT2D eigenvalue weighted by Gasteiger charge is 2.33. The zero-order chi connectivity index (χ0) is 20.1. The third kappa shape index (κ3) is 5.20. The molecule has 0 aliphatic carbocycles. The van der Waals surface area contributed by atoms with Gasteiger partial charge in [0, 0.05) is 17.6 Å². The topological polar surface area (TPSA) is 87.7 Å². The van der Waals surface area contributed by atoms with Crippen molar-refractivity contribution in [2.45, 2.75) is 17.4 Å². The molecule has 6 nitrogen and oxygen atoms in total. The van der Waals surface area contributed by atoms with Crippen molar-refractivity contribution in [1.82, 2.24) is 20.3 Å². The van der Waals surface area contributed by atoms with Crippen molar-refractivity contribution in [3.05, 3.63) is 74.6 Å². The molecule has 1 unspecified atom stereocenters. The summed E-state index contributed by atoms with van der Waals surface area (Å²) in [4.78, 5) is 33.5. The number of aromatic amines is 1. The molecule has 3 rings (SSSR count). The van der Waals surface area contributed by atoms with Gasteiger partial charge < -0.3 is 10.3 Å². The van der Waals surface area contributed by atoms with Crippen LogP contribution in [-0.2, 0) is 11.0 Å². The van der Waals surface area contributed by atoms with Crippen molar-refractivity contribution in [2.75, 3.05) is 5.75 Å². The lowest BCUT2D eigenvalue weighted by Gasteiger charge is -2.17. The van der Waals surface area contributed by atoms with Crippen LogP contribution in [-0.4, -0.2) is 26.6 Å². The number of thioether (sulfide) groups is 1. The largest absolute Gasteiger partial charge is 0.433 e. The fourth-order valence-corrected chi connectivity index (χ4v) is 3.70. The Bertz CT molecular complexity index is 992. The number of H-pyrrole nitrogens is 1. The quantitative estimate of drug-likeness (QED) is 0.467. The molecule has 1 atom stereocenters. The highest BCUT2D eigenvalue weighted by atomic mass is 32.2. The van der Waals surface area contributed by atoms with E-state index in [1.54, 1.807) is 11.6 Å². The van der Waals surface area contributed by atoms with Gasteiger partial charge in [0.1, 0.15) is 11.0 Å². The number of hydrogen-bond acceptors (Lipinski definition) is 6. The third-order valence-corrected chi connectivity index (χ3v) is 5.20. The van der Waals surface area contributed by atoms with Crippen molar-refractivity contribution in [2.24, 2.45) is 0 Å². The van der Waals surface area contributed by atoms with E-state index in [2.05, 4.69) is 20.3 Å². The lowest BCUT2D eigenvalue weighted by molar-refractivity contribution is -0.141. The Balaban J connectivity index is 1.71. The van der Waals surface area contributed by atoms with E-state index in [4.69, 9.17) is 0 Å². The molecule has 0 fully saturated rings. The summed E-state index contributed by atoms with van der Waals surface area (Å²) in [6.07, 6.45) is -3.12. The summed E-state index contributed by atoms with van der Waals surface area (Å²) in [6.45, 7) is 0. The Hall–Kier alpha value is -2.66. The van der Waals surface area contributed by atoms with Crippen molar-refractivity contribution in [1.29, 1.82) is 0 Å². The molecule has 28 heavy (non-hydrogen) atoms. The predicted molar refractivity (Wildman–Crippen MR) is 99.1 cm³/mol.